The number of rotatable bonds is 8. The highest BCUT2D eigenvalue weighted by Crippen LogP contribution is 2.20. The SMILES string of the molecule is CC(C)CNCc1ccc(CN(C)C(C)C(C)C)s1. The molecule has 0 saturated heterocycles. The van der Waals surface area contributed by atoms with Gasteiger partial charge in [0.25, 0.3) is 0 Å². The molecule has 3 heteroatoms. The highest BCUT2D eigenvalue weighted by atomic mass is 32.1. The molecule has 19 heavy (non-hydrogen) atoms. The summed E-state index contributed by atoms with van der Waals surface area (Å²) < 4.78 is 0. The third-order valence-corrected chi connectivity index (χ3v) is 4.70. The van der Waals surface area contributed by atoms with Gasteiger partial charge < -0.3 is 5.32 Å². The first kappa shape index (κ1) is 16.7. The summed E-state index contributed by atoms with van der Waals surface area (Å²) in [6.07, 6.45) is 0. The molecule has 110 valence electrons. The van der Waals surface area contributed by atoms with Gasteiger partial charge in [0.05, 0.1) is 0 Å². The Kier molecular flexibility index (Phi) is 7.05. The Hall–Kier alpha value is -0.380. The normalized spacial score (nSPS) is 13.7. The van der Waals surface area contributed by atoms with Gasteiger partial charge in [-0.2, -0.15) is 0 Å². The first-order valence-electron chi connectivity index (χ1n) is 7.38. The van der Waals surface area contributed by atoms with E-state index in [-0.39, 0.29) is 0 Å². The van der Waals surface area contributed by atoms with E-state index >= 15 is 0 Å². The predicted molar refractivity (Wildman–Crippen MR) is 86.6 cm³/mol. The molecule has 0 spiro atoms. The van der Waals surface area contributed by atoms with Crippen LogP contribution in [0.5, 0.6) is 0 Å². The molecule has 1 unspecified atom stereocenters. The van der Waals surface area contributed by atoms with Gasteiger partial charge in [-0.25, -0.2) is 0 Å². The van der Waals surface area contributed by atoms with E-state index in [9.17, 15) is 0 Å². The fraction of sp³-hybridized carbons (Fsp3) is 0.750. The largest absolute Gasteiger partial charge is 0.312 e. The molecule has 0 bridgehead atoms. The molecule has 1 N–H and O–H groups in total. The minimum atomic E-state index is 0.629. The molecule has 1 aromatic heterocycles. The van der Waals surface area contributed by atoms with Crippen LogP contribution < -0.4 is 5.32 Å². The van der Waals surface area contributed by atoms with Crippen LogP contribution in [0.1, 0.15) is 44.4 Å². The van der Waals surface area contributed by atoms with Crippen LogP contribution in [0.25, 0.3) is 0 Å². The summed E-state index contributed by atoms with van der Waals surface area (Å²) in [5.41, 5.74) is 0. The second-order valence-electron chi connectivity index (χ2n) is 6.29. The van der Waals surface area contributed by atoms with Gasteiger partial charge in [-0.05, 0) is 44.5 Å². The molecule has 0 saturated carbocycles. The highest BCUT2D eigenvalue weighted by Gasteiger charge is 2.14. The summed E-state index contributed by atoms with van der Waals surface area (Å²) in [6, 6.07) is 5.17. The van der Waals surface area contributed by atoms with Gasteiger partial charge in [-0.3, -0.25) is 4.90 Å². The monoisotopic (exact) mass is 282 g/mol. The Bertz CT molecular complexity index is 357. The molecule has 0 amide bonds. The molecule has 0 aliphatic heterocycles. The van der Waals surface area contributed by atoms with Crippen molar-refractivity contribution in [2.24, 2.45) is 11.8 Å². The zero-order chi connectivity index (χ0) is 14.4. The maximum atomic E-state index is 3.51. The van der Waals surface area contributed by atoms with E-state index in [0.29, 0.717) is 12.0 Å². The molecule has 0 aromatic carbocycles. The van der Waals surface area contributed by atoms with Gasteiger partial charge >= 0.3 is 0 Å². The van der Waals surface area contributed by atoms with E-state index in [2.05, 4.69) is 64.0 Å². The van der Waals surface area contributed by atoms with Crippen LogP contribution in [-0.2, 0) is 13.1 Å². The smallest absolute Gasteiger partial charge is 0.0327 e. The van der Waals surface area contributed by atoms with Gasteiger partial charge in [0.2, 0.25) is 0 Å². The molecule has 2 nitrogen and oxygen atoms in total. The summed E-state index contributed by atoms with van der Waals surface area (Å²) in [5, 5.41) is 3.51. The lowest BCUT2D eigenvalue weighted by Crippen LogP contribution is -2.32. The maximum absolute atomic E-state index is 3.51. The maximum Gasteiger partial charge on any atom is 0.0327 e. The third kappa shape index (κ3) is 6.07. The van der Waals surface area contributed by atoms with Crippen molar-refractivity contribution in [3.8, 4) is 0 Å². The third-order valence-electron chi connectivity index (χ3n) is 3.63. The summed E-state index contributed by atoms with van der Waals surface area (Å²) in [5.74, 6) is 1.43. The Balaban J connectivity index is 2.42. The highest BCUT2D eigenvalue weighted by molar-refractivity contribution is 7.11. The molecule has 1 atom stereocenters. The number of hydrogen-bond acceptors (Lipinski definition) is 3. The average Bonchev–Trinajstić information content (AvgIpc) is 2.75. The number of nitrogens with one attached hydrogen (secondary N) is 1. The van der Waals surface area contributed by atoms with Crippen molar-refractivity contribution in [2.75, 3.05) is 13.6 Å². The standard InChI is InChI=1S/C16H30N2S/c1-12(2)9-17-10-15-7-8-16(19-15)11-18(6)14(5)13(3)4/h7-8,12-14,17H,9-11H2,1-6H3. The van der Waals surface area contributed by atoms with Crippen molar-refractivity contribution in [2.45, 2.75) is 53.8 Å². The molecule has 1 rings (SSSR count). The van der Waals surface area contributed by atoms with Crippen molar-refractivity contribution < 1.29 is 0 Å². The van der Waals surface area contributed by atoms with Crippen molar-refractivity contribution in [1.29, 1.82) is 0 Å². The zero-order valence-electron chi connectivity index (χ0n) is 13.4. The van der Waals surface area contributed by atoms with Crippen molar-refractivity contribution >= 4 is 11.3 Å². The van der Waals surface area contributed by atoms with Crippen LogP contribution in [0.4, 0.5) is 0 Å². The molecule has 1 heterocycles. The number of nitrogens with zero attached hydrogens (tertiary/aromatic N) is 1. The lowest BCUT2D eigenvalue weighted by molar-refractivity contribution is 0.202. The van der Waals surface area contributed by atoms with E-state index in [0.717, 1.165) is 25.6 Å². The summed E-state index contributed by atoms with van der Waals surface area (Å²) >= 11 is 1.94. The van der Waals surface area contributed by atoms with Gasteiger partial charge in [0.15, 0.2) is 0 Å². The molecule has 1 aromatic rings. The van der Waals surface area contributed by atoms with Gasteiger partial charge in [-0.1, -0.05) is 27.7 Å². The van der Waals surface area contributed by atoms with E-state index in [1.807, 2.05) is 11.3 Å². The average molecular weight is 282 g/mol. The first-order chi connectivity index (χ1) is 8.90. The fourth-order valence-corrected chi connectivity index (χ4v) is 3.04. The summed E-state index contributed by atoms with van der Waals surface area (Å²) in [6.45, 7) is 14.5. The Morgan fingerprint density at radius 3 is 2.32 bits per heavy atom. The van der Waals surface area contributed by atoms with Crippen LogP contribution in [0.15, 0.2) is 12.1 Å². The second-order valence-corrected chi connectivity index (χ2v) is 7.55. The quantitative estimate of drug-likeness (QED) is 0.776. The van der Waals surface area contributed by atoms with E-state index in [4.69, 9.17) is 0 Å². The minimum absolute atomic E-state index is 0.629. The van der Waals surface area contributed by atoms with Crippen LogP contribution in [-0.4, -0.2) is 24.5 Å². The van der Waals surface area contributed by atoms with Crippen molar-refractivity contribution in [3.05, 3.63) is 21.9 Å². The van der Waals surface area contributed by atoms with Gasteiger partial charge in [-0.15, -0.1) is 11.3 Å². The zero-order valence-corrected chi connectivity index (χ0v) is 14.2. The first-order valence-corrected chi connectivity index (χ1v) is 8.20. The molecule has 0 radical (unpaired) electrons. The van der Waals surface area contributed by atoms with Crippen LogP contribution in [0.2, 0.25) is 0 Å². The van der Waals surface area contributed by atoms with Crippen LogP contribution >= 0.6 is 11.3 Å². The van der Waals surface area contributed by atoms with Gasteiger partial charge in [0, 0.05) is 28.9 Å². The number of thiophene rings is 1. The molecule has 0 aliphatic rings. The summed E-state index contributed by atoms with van der Waals surface area (Å²) in [4.78, 5) is 5.36. The Morgan fingerprint density at radius 1 is 1.11 bits per heavy atom. The van der Waals surface area contributed by atoms with Crippen LogP contribution in [0, 0.1) is 11.8 Å². The van der Waals surface area contributed by atoms with Crippen LogP contribution in [0.3, 0.4) is 0 Å². The van der Waals surface area contributed by atoms with E-state index < -0.39 is 0 Å². The van der Waals surface area contributed by atoms with Crippen molar-refractivity contribution in [1.82, 2.24) is 10.2 Å². The molecular formula is C16H30N2S. The number of hydrogen-bond donors (Lipinski definition) is 1. The lowest BCUT2D eigenvalue weighted by atomic mass is 10.1. The molecular weight excluding hydrogens is 252 g/mol. The molecule has 0 fully saturated rings. The van der Waals surface area contributed by atoms with E-state index in [1.165, 1.54) is 9.75 Å². The summed E-state index contributed by atoms with van der Waals surface area (Å²) in [7, 11) is 2.22. The Morgan fingerprint density at radius 2 is 1.74 bits per heavy atom. The van der Waals surface area contributed by atoms with E-state index in [1.54, 1.807) is 0 Å². The topological polar surface area (TPSA) is 15.3 Å². The Labute approximate surface area is 123 Å². The fourth-order valence-electron chi connectivity index (χ4n) is 1.99. The lowest BCUT2D eigenvalue weighted by Gasteiger charge is -2.27. The van der Waals surface area contributed by atoms with Gasteiger partial charge in [0.1, 0.15) is 0 Å². The minimum Gasteiger partial charge on any atom is -0.312 e. The predicted octanol–water partition coefficient (Wildman–Crippen LogP) is 3.97. The van der Waals surface area contributed by atoms with Crippen molar-refractivity contribution in [3.63, 3.8) is 0 Å². The second kappa shape index (κ2) is 8.03. The molecule has 0 aliphatic carbocycles.